The van der Waals surface area contributed by atoms with Gasteiger partial charge < -0.3 is 54.7 Å². The van der Waals surface area contributed by atoms with Crippen molar-refractivity contribution in [3.63, 3.8) is 0 Å². The van der Waals surface area contributed by atoms with Crippen molar-refractivity contribution in [1.29, 1.82) is 0 Å². The third kappa shape index (κ3) is 9.39. The molecular weight excluding hydrogens is 476 g/mol. The molecule has 0 saturated carbocycles. The third-order valence-electron chi connectivity index (χ3n) is 7.01. The van der Waals surface area contributed by atoms with E-state index in [1.165, 1.54) is 51.4 Å². The molecule has 0 bridgehead atoms. The van der Waals surface area contributed by atoms with E-state index in [0.29, 0.717) is 6.61 Å². The average molecular weight is 525 g/mol. The Bertz CT molecular complexity index is 564. The maximum absolute atomic E-state index is 10.6. The van der Waals surface area contributed by atoms with Gasteiger partial charge in [-0.15, -0.1) is 0 Å². The van der Waals surface area contributed by atoms with E-state index < -0.39 is 74.6 Å². The number of unbranched alkanes of at least 4 members (excludes halogenated alkanes) is 10. The highest BCUT2D eigenvalue weighted by Crippen LogP contribution is 2.29. The summed E-state index contributed by atoms with van der Waals surface area (Å²) in [7, 11) is 0. The molecule has 0 spiro atoms. The second-order valence-corrected chi connectivity index (χ2v) is 9.91. The molecule has 0 aromatic carbocycles. The maximum atomic E-state index is 10.6. The average Bonchev–Trinajstić information content (AvgIpc) is 2.88. The minimum absolute atomic E-state index is 0.336. The summed E-state index contributed by atoms with van der Waals surface area (Å²) in [4.78, 5) is 0. The van der Waals surface area contributed by atoms with E-state index >= 15 is 0 Å². The lowest BCUT2D eigenvalue weighted by Gasteiger charge is -2.46. The van der Waals surface area contributed by atoms with Crippen LogP contribution in [0.15, 0.2) is 0 Å². The minimum Gasteiger partial charge on any atom is -0.394 e. The van der Waals surface area contributed by atoms with E-state index in [9.17, 15) is 35.7 Å². The van der Waals surface area contributed by atoms with E-state index in [4.69, 9.17) is 18.9 Å². The van der Waals surface area contributed by atoms with E-state index in [1.54, 1.807) is 0 Å². The summed E-state index contributed by atoms with van der Waals surface area (Å²) >= 11 is 0. The fourth-order valence-electron chi connectivity index (χ4n) is 4.75. The zero-order valence-corrected chi connectivity index (χ0v) is 21.4. The number of ether oxygens (including phenoxy) is 4. The number of aliphatic hydroxyl groups is 7. The fourth-order valence-corrected chi connectivity index (χ4v) is 4.75. The van der Waals surface area contributed by atoms with Crippen molar-refractivity contribution in [2.45, 2.75) is 139 Å². The Morgan fingerprint density at radius 3 is 1.64 bits per heavy atom. The summed E-state index contributed by atoms with van der Waals surface area (Å²) in [6.07, 6.45) is -1.13. The Labute approximate surface area is 214 Å². The van der Waals surface area contributed by atoms with Gasteiger partial charge in [0.15, 0.2) is 12.6 Å². The van der Waals surface area contributed by atoms with Crippen molar-refractivity contribution < 1.29 is 54.7 Å². The molecule has 2 heterocycles. The van der Waals surface area contributed by atoms with Crippen LogP contribution in [-0.2, 0) is 18.9 Å². The molecule has 11 heteroatoms. The number of rotatable bonds is 17. The van der Waals surface area contributed by atoms with Crippen LogP contribution in [0, 0.1) is 0 Å². The van der Waals surface area contributed by atoms with Gasteiger partial charge in [-0.1, -0.05) is 71.1 Å². The number of aliphatic hydroxyl groups excluding tert-OH is 7. The molecule has 2 rings (SSSR count). The highest BCUT2D eigenvalue weighted by atomic mass is 16.7. The Morgan fingerprint density at radius 2 is 1.08 bits per heavy atom. The van der Waals surface area contributed by atoms with Gasteiger partial charge in [0.1, 0.15) is 48.8 Å². The zero-order valence-electron chi connectivity index (χ0n) is 21.4. The molecule has 10 atom stereocenters. The van der Waals surface area contributed by atoms with Gasteiger partial charge in [0, 0.05) is 6.61 Å². The van der Waals surface area contributed by atoms with Gasteiger partial charge in [-0.25, -0.2) is 0 Å². The lowest BCUT2D eigenvalue weighted by molar-refractivity contribution is -0.357. The van der Waals surface area contributed by atoms with E-state index in [-0.39, 0.29) is 0 Å². The fraction of sp³-hybridized carbons (Fsp3) is 1.00. The van der Waals surface area contributed by atoms with Crippen LogP contribution in [0.3, 0.4) is 0 Å². The molecule has 0 aromatic rings. The zero-order chi connectivity index (χ0) is 26.5. The molecule has 0 aliphatic carbocycles. The first kappa shape index (κ1) is 31.8. The molecule has 2 fully saturated rings. The lowest BCUT2D eigenvalue weighted by atomic mass is 9.97. The van der Waals surface area contributed by atoms with Crippen LogP contribution in [-0.4, -0.2) is 117 Å². The largest absolute Gasteiger partial charge is 0.394 e. The van der Waals surface area contributed by atoms with Gasteiger partial charge in [-0.3, -0.25) is 0 Å². The lowest BCUT2D eigenvalue weighted by Crippen LogP contribution is -2.64. The van der Waals surface area contributed by atoms with Gasteiger partial charge in [-0.05, 0) is 6.42 Å². The highest BCUT2D eigenvalue weighted by Gasteiger charge is 2.50. The molecule has 36 heavy (non-hydrogen) atoms. The molecule has 7 N–H and O–H groups in total. The van der Waals surface area contributed by atoms with E-state index in [1.807, 2.05) is 0 Å². The van der Waals surface area contributed by atoms with Gasteiger partial charge in [0.2, 0.25) is 0 Å². The number of hydrogen-bond acceptors (Lipinski definition) is 11. The molecule has 0 amide bonds. The Hall–Kier alpha value is -0.440. The van der Waals surface area contributed by atoms with Crippen molar-refractivity contribution in [2.24, 2.45) is 0 Å². The van der Waals surface area contributed by atoms with Crippen LogP contribution >= 0.6 is 0 Å². The first-order valence-corrected chi connectivity index (χ1v) is 13.6. The van der Waals surface area contributed by atoms with Crippen molar-refractivity contribution >= 4 is 0 Å². The predicted molar refractivity (Wildman–Crippen MR) is 129 cm³/mol. The quantitative estimate of drug-likeness (QED) is 0.127. The van der Waals surface area contributed by atoms with Crippen LogP contribution in [0.2, 0.25) is 0 Å². The molecule has 2 aliphatic heterocycles. The molecule has 11 nitrogen and oxygen atoms in total. The van der Waals surface area contributed by atoms with Crippen molar-refractivity contribution in [3.8, 4) is 0 Å². The summed E-state index contributed by atoms with van der Waals surface area (Å²) in [5.74, 6) is 0. The van der Waals surface area contributed by atoms with Gasteiger partial charge in [0.25, 0.3) is 0 Å². The van der Waals surface area contributed by atoms with Crippen LogP contribution in [0.4, 0.5) is 0 Å². The number of hydrogen-bond donors (Lipinski definition) is 7. The Morgan fingerprint density at radius 1 is 0.583 bits per heavy atom. The van der Waals surface area contributed by atoms with Gasteiger partial charge in [0.05, 0.1) is 13.2 Å². The summed E-state index contributed by atoms with van der Waals surface area (Å²) in [6, 6.07) is 0. The van der Waals surface area contributed by atoms with Crippen LogP contribution in [0.25, 0.3) is 0 Å². The summed E-state index contributed by atoms with van der Waals surface area (Å²) in [6.45, 7) is 1.39. The van der Waals surface area contributed by atoms with E-state index in [0.717, 1.165) is 19.3 Å². The first-order chi connectivity index (χ1) is 17.3. The second kappa shape index (κ2) is 17.2. The van der Waals surface area contributed by atoms with Gasteiger partial charge in [-0.2, -0.15) is 0 Å². The second-order valence-electron chi connectivity index (χ2n) is 9.91. The third-order valence-corrected chi connectivity index (χ3v) is 7.01. The maximum Gasteiger partial charge on any atom is 0.187 e. The van der Waals surface area contributed by atoms with Gasteiger partial charge >= 0.3 is 0 Å². The normalized spacial score (nSPS) is 37.3. The molecule has 0 unspecified atom stereocenters. The Kier molecular flexibility index (Phi) is 15.2. The topological polar surface area (TPSA) is 179 Å². The van der Waals surface area contributed by atoms with Crippen molar-refractivity contribution in [3.05, 3.63) is 0 Å². The van der Waals surface area contributed by atoms with Crippen molar-refractivity contribution in [1.82, 2.24) is 0 Å². The van der Waals surface area contributed by atoms with E-state index in [2.05, 4.69) is 6.92 Å². The monoisotopic (exact) mass is 524 g/mol. The molecule has 2 saturated heterocycles. The molecular formula is C25H48O11. The van der Waals surface area contributed by atoms with Crippen LogP contribution < -0.4 is 0 Å². The van der Waals surface area contributed by atoms with Crippen LogP contribution in [0.5, 0.6) is 0 Å². The summed E-state index contributed by atoms with van der Waals surface area (Å²) in [5, 5.41) is 70.2. The summed E-state index contributed by atoms with van der Waals surface area (Å²) < 4.78 is 21.9. The Balaban J connectivity index is 1.73. The first-order valence-electron chi connectivity index (χ1n) is 13.6. The highest BCUT2D eigenvalue weighted by molar-refractivity contribution is 4.94. The van der Waals surface area contributed by atoms with Crippen molar-refractivity contribution in [2.75, 3.05) is 19.8 Å². The van der Waals surface area contributed by atoms with Crippen LogP contribution in [0.1, 0.15) is 77.6 Å². The SMILES string of the molecule is CCCCCCCCCCCCCO[C@H]1[C@H](O)[C@@H](O)[C@H](O[C@H]2[C@H](O)[C@@H](O)[C@H](O)O[C@@H]2CO)O[C@@H]1CO. The molecule has 0 aromatic heterocycles. The molecule has 0 radical (unpaired) electrons. The smallest absolute Gasteiger partial charge is 0.187 e. The predicted octanol–water partition coefficient (Wildman–Crippen LogP) is -0.0619. The molecule has 2 aliphatic rings. The standard InChI is InChI=1S/C25H48O11/c1-2-3-4-5-6-7-8-9-10-11-12-13-33-22-16(14-26)35-25(21(31)19(22)29)36-23-17(15-27)34-24(32)20(30)18(23)28/h16-32H,2-15H2,1H3/t16-,17-,18-,19-,20-,21-,22-,23-,24-,25+/m1/s1. The minimum atomic E-state index is -1.72. The summed E-state index contributed by atoms with van der Waals surface area (Å²) in [5.41, 5.74) is 0. The molecule has 214 valence electrons.